The van der Waals surface area contributed by atoms with E-state index in [1.54, 1.807) is 6.26 Å². The first-order valence-corrected chi connectivity index (χ1v) is 8.25. The minimum Gasteiger partial charge on any atom is -0.464 e. The van der Waals surface area contributed by atoms with Crippen LogP contribution in [0.15, 0.2) is 33.4 Å². The fraction of sp³-hybridized carbons (Fsp3) is 0.368. The standard InChI is InChI=1S/C19H22N2O3/c1-4-5-15-9-16(24-21-15)10-20-19(22)8-14-11-23-18-7-13(3)12(2)6-17(14)18/h6-7,9,11H,4-5,8,10H2,1-3H3,(H,20,22). The van der Waals surface area contributed by atoms with Crippen LogP contribution >= 0.6 is 0 Å². The van der Waals surface area contributed by atoms with E-state index < -0.39 is 0 Å². The summed E-state index contributed by atoms with van der Waals surface area (Å²) in [5.74, 6) is 0.611. The molecule has 0 aliphatic heterocycles. The van der Waals surface area contributed by atoms with Crippen LogP contribution < -0.4 is 5.32 Å². The first kappa shape index (κ1) is 16.3. The first-order valence-electron chi connectivity index (χ1n) is 8.25. The molecule has 24 heavy (non-hydrogen) atoms. The molecular formula is C19H22N2O3. The number of nitrogens with one attached hydrogen (secondary N) is 1. The number of carbonyl (C=O) groups excluding carboxylic acids is 1. The molecule has 2 heterocycles. The van der Waals surface area contributed by atoms with Gasteiger partial charge in [0.1, 0.15) is 5.58 Å². The lowest BCUT2D eigenvalue weighted by Crippen LogP contribution is -2.24. The van der Waals surface area contributed by atoms with Crippen molar-refractivity contribution in [3.63, 3.8) is 0 Å². The van der Waals surface area contributed by atoms with Crippen LogP contribution in [0.25, 0.3) is 11.0 Å². The van der Waals surface area contributed by atoms with Gasteiger partial charge < -0.3 is 14.3 Å². The lowest BCUT2D eigenvalue weighted by Gasteiger charge is -2.03. The van der Waals surface area contributed by atoms with E-state index in [4.69, 9.17) is 8.94 Å². The van der Waals surface area contributed by atoms with Crippen LogP contribution in [0.1, 0.15) is 41.5 Å². The molecule has 0 fully saturated rings. The van der Waals surface area contributed by atoms with Crippen molar-refractivity contribution in [2.75, 3.05) is 0 Å². The summed E-state index contributed by atoms with van der Waals surface area (Å²) < 4.78 is 10.8. The van der Waals surface area contributed by atoms with Crippen LogP contribution in [0.3, 0.4) is 0 Å². The summed E-state index contributed by atoms with van der Waals surface area (Å²) in [5, 5.41) is 7.84. The topological polar surface area (TPSA) is 68.3 Å². The van der Waals surface area contributed by atoms with E-state index in [-0.39, 0.29) is 12.3 Å². The summed E-state index contributed by atoms with van der Waals surface area (Å²) in [7, 11) is 0. The Labute approximate surface area is 141 Å². The molecule has 3 rings (SSSR count). The zero-order valence-corrected chi connectivity index (χ0v) is 14.3. The predicted octanol–water partition coefficient (Wildman–Crippen LogP) is 3.85. The first-order chi connectivity index (χ1) is 11.6. The van der Waals surface area contributed by atoms with Crippen molar-refractivity contribution in [2.45, 2.75) is 46.6 Å². The van der Waals surface area contributed by atoms with Gasteiger partial charge in [0.15, 0.2) is 5.76 Å². The average molecular weight is 326 g/mol. The van der Waals surface area contributed by atoms with Gasteiger partial charge in [0.05, 0.1) is 24.9 Å². The van der Waals surface area contributed by atoms with Gasteiger partial charge in [0.25, 0.3) is 0 Å². The Kier molecular flexibility index (Phi) is 4.69. The Morgan fingerprint density at radius 1 is 1.21 bits per heavy atom. The average Bonchev–Trinajstić information content (AvgIpc) is 3.14. The number of hydrogen-bond donors (Lipinski definition) is 1. The van der Waals surface area contributed by atoms with Crippen LogP contribution in [-0.4, -0.2) is 11.1 Å². The molecule has 0 aliphatic rings. The van der Waals surface area contributed by atoms with E-state index >= 15 is 0 Å². The monoisotopic (exact) mass is 326 g/mol. The molecule has 5 nitrogen and oxygen atoms in total. The van der Waals surface area contributed by atoms with Gasteiger partial charge >= 0.3 is 0 Å². The number of fused-ring (bicyclic) bond motifs is 1. The number of carbonyl (C=O) groups is 1. The molecule has 0 saturated carbocycles. The third kappa shape index (κ3) is 3.50. The quantitative estimate of drug-likeness (QED) is 0.747. The molecule has 0 saturated heterocycles. The van der Waals surface area contributed by atoms with Gasteiger partial charge in [-0.3, -0.25) is 4.79 Å². The molecule has 0 atom stereocenters. The van der Waals surface area contributed by atoms with Crippen molar-refractivity contribution in [3.05, 3.63) is 52.6 Å². The Morgan fingerprint density at radius 2 is 2.00 bits per heavy atom. The highest BCUT2D eigenvalue weighted by Crippen LogP contribution is 2.25. The second kappa shape index (κ2) is 6.91. The Bertz CT molecular complexity index is 861. The van der Waals surface area contributed by atoms with Crippen LogP contribution in [-0.2, 0) is 24.2 Å². The van der Waals surface area contributed by atoms with Crippen molar-refractivity contribution in [2.24, 2.45) is 0 Å². The lowest BCUT2D eigenvalue weighted by molar-refractivity contribution is -0.120. The number of hydrogen-bond acceptors (Lipinski definition) is 4. The second-order valence-electron chi connectivity index (χ2n) is 6.18. The molecule has 2 aromatic heterocycles. The molecule has 0 radical (unpaired) electrons. The molecule has 3 aromatic rings. The summed E-state index contributed by atoms with van der Waals surface area (Å²) in [6.07, 6.45) is 3.85. The zero-order chi connectivity index (χ0) is 17.1. The number of nitrogens with zero attached hydrogens (tertiary/aromatic N) is 1. The maximum absolute atomic E-state index is 12.2. The molecule has 0 aliphatic carbocycles. The van der Waals surface area contributed by atoms with Gasteiger partial charge in [-0.15, -0.1) is 0 Å². The van der Waals surface area contributed by atoms with Crippen LogP contribution in [0.5, 0.6) is 0 Å². The summed E-state index contributed by atoms with van der Waals surface area (Å²) in [6, 6.07) is 5.98. The number of furan rings is 1. The zero-order valence-electron chi connectivity index (χ0n) is 14.3. The van der Waals surface area contributed by atoms with Crippen LogP contribution in [0.4, 0.5) is 0 Å². The van der Waals surface area contributed by atoms with Gasteiger partial charge in [0, 0.05) is 17.0 Å². The SMILES string of the molecule is CCCc1cc(CNC(=O)Cc2coc3cc(C)c(C)cc23)on1. The van der Waals surface area contributed by atoms with Crippen molar-refractivity contribution in [1.82, 2.24) is 10.5 Å². The van der Waals surface area contributed by atoms with E-state index in [0.29, 0.717) is 12.3 Å². The number of rotatable bonds is 6. The van der Waals surface area contributed by atoms with Crippen LogP contribution in [0.2, 0.25) is 0 Å². The van der Waals surface area contributed by atoms with Crippen molar-refractivity contribution in [3.8, 4) is 0 Å². The van der Waals surface area contributed by atoms with Crippen LogP contribution in [0, 0.1) is 13.8 Å². The maximum atomic E-state index is 12.2. The normalized spacial score (nSPS) is 11.1. The van der Waals surface area contributed by atoms with Gasteiger partial charge in [-0.2, -0.15) is 0 Å². The van der Waals surface area contributed by atoms with Crippen molar-refractivity contribution >= 4 is 16.9 Å². The predicted molar refractivity (Wildman–Crippen MR) is 91.7 cm³/mol. The smallest absolute Gasteiger partial charge is 0.224 e. The van der Waals surface area contributed by atoms with E-state index in [1.165, 1.54) is 11.1 Å². The molecule has 1 N–H and O–H groups in total. The highest BCUT2D eigenvalue weighted by atomic mass is 16.5. The second-order valence-corrected chi connectivity index (χ2v) is 6.18. The fourth-order valence-electron chi connectivity index (χ4n) is 2.71. The number of aryl methyl sites for hydroxylation is 3. The van der Waals surface area contributed by atoms with Gasteiger partial charge in [-0.05, 0) is 43.5 Å². The Balaban J connectivity index is 1.63. The molecule has 0 spiro atoms. The minimum absolute atomic E-state index is 0.0654. The van der Waals surface area contributed by atoms with E-state index in [9.17, 15) is 4.79 Å². The number of benzene rings is 1. The maximum Gasteiger partial charge on any atom is 0.224 e. The third-order valence-corrected chi connectivity index (χ3v) is 4.19. The largest absolute Gasteiger partial charge is 0.464 e. The molecule has 1 aromatic carbocycles. The van der Waals surface area contributed by atoms with Gasteiger partial charge in [-0.25, -0.2) is 0 Å². The third-order valence-electron chi connectivity index (χ3n) is 4.19. The van der Waals surface area contributed by atoms with E-state index in [0.717, 1.165) is 35.1 Å². The van der Waals surface area contributed by atoms with E-state index in [2.05, 4.69) is 30.4 Å². The minimum atomic E-state index is -0.0654. The Hall–Kier alpha value is -2.56. The van der Waals surface area contributed by atoms with Crippen molar-refractivity contribution in [1.29, 1.82) is 0 Å². The molecular weight excluding hydrogens is 304 g/mol. The Morgan fingerprint density at radius 3 is 2.79 bits per heavy atom. The highest BCUT2D eigenvalue weighted by Gasteiger charge is 2.12. The summed E-state index contributed by atoms with van der Waals surface area (Å²) in [6.45, 7) is 6.55. The molecule has 1 amide bonds. The lowest BCUT2D eigenvalue weighted by atomic mass is 10.0. The summed E-state index contributed by atoms with van der Waals surface area (Å²) in [5.41, 5.74) is 5.01. The summed E-state index contributed by atoms with van der Waals surface area (Å²) >= 11 is 0. The molecule has 0 unspecified atom stereocenters. The number of aromatic nitrogens is 1. The highest BCUT2D eigenvalue weighted by molar-refractivity contribution is 5.88. The van der Waals surface area contributed by atoms with Gasteiger partial charge in [-0.1, -0.05) is 18.5 Å². The molecule has 5 heteroatoms. The van der Waals surface area contributed by atoms with Gasteiger partial charge in [0.2, 0.25) is 5.91 Å². The molecule has 0 bridgehead atoms. The fourth-order valence-corrected chi connectivity index (χ4v) is 2.71. The number of amides is 1. The van der Waals surface area contributed by atoms with E-state index in [1.807, 2.05) is 19.1 Å². The summed E-state index contributed by atoms with van der Waals surface area (Å²) in [4.78, 5) is 12.2. The van der Waals surface area contributed by atoms with Crippen molar-refractivity contribution < 1.29 is 13.7 Å². The molecule has 126 valence electrons.